The van der Waals surface area contributed by atoms with Gasteiger partial charge >= 0.3 is 5.84 Å². The van der Waals surface area contributed by atoms with E-state index in [1.54, 1.807) is 7.05 Å². The van der Waals surface area contributed by atoms with Crippen LogP contribution in [0.4, 0.5) is 0 Å². The average molecular weight is 426 g/mol. The van der Waals surface area contributed by atoms with E-state index in [0.717, 1.165) is 23.7 Å². The highest BCUT2D eigenvalue weighted by atomic mass is 35.5. The summed E-state index contributed by atoms with van der Waals surface area (Å²) in [7, 11) is 1.54. The molecule has 1 aromatic carbocycles. The van der Waals surface area contributed by atoms with Crippen LogP contribution < -0.4 is 11.2 Å². The monoisotopic (exact) mass is 425 g/mol. The third kappa shape index (κ3) is 3.02. The Balaban J connectivity index is 1.67. The molecule has 1 aliphatic heterocycles. The van der Waals surface area contributed by atoms with Crippen molar-refractivity contribution >= 4 is 46.7 Å². The van der Waals surface area contributed by atoms with Crippen LogP contribution in [0.1, 0.15) is 48.8 Å². The number of aromatic nitrogens is 2. The standard InChI is InChI=1S/C20H17ClN6OS/c1-23-20-17(19(22)28)16(25-27(20)29)7-6-12-14-9-24-26(11-4-5-11)18(14)13(8-15(12)21)10-2-3-10/h8-11H,2-5H2,1H3,(H2-,22,23,25,28,29)/p+1. The molecule has 3 aliphatic rings. The normalized spacial score (nSPS) is 20.2. The minimum absolute atomic E-state index is 0.172. The van der Waals surface area contributed by atoms with E-state index in [1.807, 2.05) is 12.3 Å². The predicted octanol–water partition coefficient (Wildman–Crippen LogP) is 2.28. The first kappa shape index (κ1) is 18.3. The Hall–Kier alpha value is -2.76. The van der Waals surface area contributed by atoms with E-state index < -0.39 is 5.91 Å². The first-order chi connectivity index (χ1) is 14.0. The van der Waals surface area contributed by atoms with Gasteiger partial charge in [-0.3, -0.25) is 9.48 Å². The summed E-state index contributed by atoms with van der Waals surface area (Å²) >= 11 is 11.8. The van der Waals surface area contributed by atoms with Crippen molar-refractivity contribution in [2.24, 2.45) is 10.7 Å². The number of primary amides is 1. The molecule has 3 N–H and O–H groups in total. The van der Waals surface area contributed by atoms with Crippen LogP contribution in [0, 0.1) is 11.8 Å². The highest BCUT2D eigenvalue weighted by Crippen LogP contribution is 2.47. The van der Waals surface area contributed by atoms with Crippen LogP contribution in [0.15, 0.2) is 28.5 Å². The number of allylic oxidation sites excluding steroid dienone is 1. The van der Waals surface area contributed by atoms with Gasteiger partial charge in [0.1, 0.15) is 12.7 Å². The van der Waals surface area contributed by atoms with Crippen LogP contribution in [0.5, 0.6) is 0 Å². The Kier molecular flexibility index (Phi) is 4.19. The molecule has 2 heterocycles. The summed E-state index contributed by atoms with van der Waals surface area (Å²) in [6.07, 6.45) is 6.51. The number of fused-ring (bicyclic) bond motifs is 1. The Morgan fingerprint density at radius 1 is 1.41 bits per heavy atom. The SMILES string of the molecule is CN=C1C(C(N)=O)=C(C#Cc2c(Cl)cc(C3CC3)c3c2cnn3C2CC2)N[N+]1=S. The van der Waals surface area contributed by atoms with Gasteiger partial charge in [-0.05, 0) is 53.2 Å². The van der Waals surface area contributed by atoms with E-state index in [2.05, 4.69) is 32.0 Å². The zero-order valence-corrected chi connectivity index (χ0v) is 17.3. The lowest BCUT2D eigenvalue weighted by Crippen LogP contribution is -2.25. The molecule has 0 unspecified atom stereocenters. The lowest BCUT2D eigenvalue weighted by atomic mass is 10.0. The van der Waals surface area contributed by atoms with Gasteiger partial charge in [-0.25, -0.2) is 5.43 Å². The van der Waals surface area contributed by atoms with Crippen molar-refractivity contribution in [3.63, 3.8) is 0 Å². The summed E-state index contributed by atoms with van der Waals surface area (Å²) in [5.41, 5.74) is 11.9. The Bertz CT molecular complexity index is 1220. The second-order valence-corrected chi connectivity index (χ2v) is 8.27. The van der Waals surface area contributed by atoms with E-state index >= 15 is 0 Å². The molecule has 7 nitrogen and oxygen atoms in total. The molecular weight excluding hydrogens is 408 g/mol. The van der Waals surface area contributed by atoms with Crippen LogP contribution >= 0.6 is 11.6 Å². The number of hydrogen-bond acceptors (Lipinski definition) is 4. The van der Waals surface area contributed by atoms with Crippen LogP contribution in [0.2, 0.25) is 5.02 Å². The van der Waals surface area contributed by atoms with Crippen LogP contribution in [0.3, 0.4) is 0 Å². The van der Waals surface area contributed by atoms with Crippen molar-refractivity contribution < 1.29 is 8.85 Å². The largest absolute Gasteiger partial charge is 0.369 e. The molecule has 2 aliphatic carbocycles. The lowest BCUT2D eigenvalue weighted by molar-refractivity contribution is -0.427. The molecule has 1 aromatic heterocycles. The van der Waals surface area contributed by atoms with Crippen molar-refractivity contribution in [2.75, 3.05) is 7.05 Å². The molecule has 0 radical (unpaired) electrons. The van der Waals surface area contributed by atoms with E-state index in [4.69, 9.17) is 29.8 Å². The first-order valence-corrected chi connectivity index (χ1v) is 10.2. The number of halogens is 1. The van der Waals surface area contributed by atoms with Gasteiger partial charge in [-0.1, -0.05) is 22.5 Å². The topological polar surface area (TPSA) is 88.3 Å². The molecule has 0 spiro atoms. The van der Waals surface area contributed by atoms with Gasteiger partial charge in [-0.2, -0.15) is 5.10 Å². The number of aliphatic imine (C=N–C) groups is 1. The van der Waals surface area contributed by atoms with Gasteiger partial charge in [0, 0.05) is 5.39 Å². The molecule has 0 bridgehead atoms. The van der Waals surface area contributed by atoms with Gasteiger partial charge in [0.15, 0.2) is 18.0 Å². The highest BCUT2D eigenvalue weighted by Gasteiger charge is 2.36. The molecule has 2 aromatic rings. The molecule has 146 valence electrons. The fraction of sp³-hybridized carbons (Fsp3) is 0.350. The molecule has 5 rings (SSSR count). The summed E-state index contributed by atoms with van der Waals surface area (Å²) in [5.74, 6) is 6.28. The van der Waals surface area contributed by atoms with E-state index in [0.29, 0.717) is 28.2 Å². The number of carbonyl (C=O) groups excluding carboxylic acids is 1. The average Bonchev–Trinajstić information content (AvgIpc) is 3.61. The maximum absolute atomic E-state index is 11.9. The van der Waals surface area contributed by atoms with E-state index in [1.165, 1.54) is 22.5 Å². The van der Waals surface area contributed by atoms with Crippen molar-refractivity contribution in [1.82, 2.24) is 15.2 Å². The summed E-state index contributed by atoms with van der Waals surface area (Å²) < 4.78 is 3.34. The van der Waals surface area contributed by atoms with Gasteiger partial charge in [-0.15, -0.1) is 0 Å². The van der Waals surface area contributed by atoms with E-state index in [-0.39, 0.29) is 11.4 Å². The van der Waals surface area contributed by atoms with Crippen molar-refractivity contribution in [3.8, 4) is 11.8 Å². The molecule has 9 heteroatoms. The van der Waals surface area contributed by atoms with Crippen molar-refractivity contribution in [2.45, 2.75) is 37.6 Å². The molecular formula is C20H18ClN6OS+. The summed E-state index contributed by atoms with van der Waals surface area (Å²) in [4.78, 5) is 15.9. The number of hydrazine groups is 1. The summed E-state index contributed by atoms with van der Waals surface area (Å²) in [6.45, 7) is 0. The quantitative estimate of drug-likeness (QED) is 0.583. The number of amides is 1. The number of rotatable bonds is 3. The second-order valence-electron chi connectivity index (χ2n) is 7.50. The zero-order chi connectivity index (χ0) is 20.3. The van der Waals surface area contributed by atoms with Gasteiger partial charge in [0.2, 0.25) is 0 Å². The molecule has 0 atom stereocenters. The van der Waals surface area contributed by atoms with Crippen LogP contribution in [-0.4, -0.2) is 32.6 Å². The number of benzene rings is 1. The molecule has 29 heavy (non-hydrogen) atoms. The summed E-state index contributed by atoms with van der Waals surface area (Å²) in [6, 6.07) is 2.49. The predicted molar refractivity (Wildman–Crippen MR) is 112 cm³/mol. The number of nitrogens with one attached hydrogen (secondary N) is 1. The Morgan fingerprint density at radius 2 is 2.17 bits per heavy atom. The third-order valence-corrected chi connectivity index (χ3v) is 5.98. The second kappa shape index (κ2) is 6.65. The van der Waals surface area contributed by atoms with Crippen LogP contribution in [0.25, 0.3) is 10.9 Å². The number of carbonyl (C=O) groups is 1. The first-order valence-electron chi connectivity index (χ1n) is 9.46. The minimum Gasteiger partial charge on any atom is -0.365 e. The number of nitrogens with zero attached hydrogens (tertiary/aromatic N) is 4. The fourth-order valence-electron chi connectivity index (χ4n) is 3.74. The molecule has 2 saturated carbocycles. The zero-order valence-electron chi connectivity index (χ0n) is 15.7. The maximum atomic E-state index is 11.9. The summed E-state index contributed by atoms with van der Waals surface area (Å²) in [5, 5.41) is 6.16. The fourth-order valence-corrected chi connectivity index (χ4v) is 4.27. The van der Waals surface area contributed by atoms with Gasteiger partial charge < -0.3 is 5.73 Å². The number of hydrogen-bond donors (Lipinski definition) is 2. The molecule has 0 saturated heterocycles. The smallest absolute Gasteiger partial charge is 0.365 e. The van der Waals surface area contributed by atoms with Crippen molar-refractivity contribution in [3.05, 3.63) is 39.7 Å². The third-order valence-electron chi connectivity index (χ3n) is 5.42. The van der Waals surface area contributed by atoms with Crippen LogP contribution in [-0.2, 0) is 17.2 Å². The number of amidine groups is 1. The Morgan fingerprint density at radius 3 is 2.79 bits per heavy atom. The molecule has 1 amide bonds. The Labute approximate surface area is 177 Å². The minimum atomic E-state index is -0.642. The number of nitrogens with two attached hydrogens (primary N) is 1. The maximum Gasteiger partial charge on any atom is 0.369 e. The van der Waals surface area contributed by atoms with E-state index in [9.17, 15) is 4.79 Å². The van der Waals surface area contributed by atoms with Gasteiger partial charge in [0.25, 0.3) is 5.91 Å². The lowest BCUT2D eigenvalue weighted by Gasteiger charge is -2.09. The highest BCUT2D eigenvalue weighted by molar-refractivity contribution is 7.44. The van der Waals surface area contributed by atoms with Crippen molar-refractivity contribution in [1.29, 1.82) is 0 Å². The van der Waals surface area contributed by atoms with Gasteiger partial charge in [0.05, 0.1) is 28.3 Å². The molecule has 2 fully saturated rings.